The fourth-order valence-electron chi connectivity index (χ4n) is 4.31. The molecular formula is C23H27N3O4. The Kier molecular flexibility index (Phi) is 5.99. The third-order valence-electron chi connectivity index (χ3n) is 5.88. The number of carbonyl (C=O) groups excluding carboxylic acids is 2. The van der Waals surface area contributed by atoms with E-state index in [1.54, 1.807) is 0 Å². The SMILES string of the molecule is CCCC[C@@H](CN(O)C=O)C(=O)N1CCC[C@H]1c1nc2cc3ccccc3cc2o1. The lowest BCUT2D eigenvalue weighted by Crippen LogP contribution is -2.40. The van der Waals surface area contributed by atoms with Gasteiger partial charge in [0.2, 0.25) is 18.2 Å². The van der Waals surface area contributed by atoms with E-state index >= 15 is 0 Å². The Morgan fingerprint density at radius 2 is 2.13 bits per heavy atom. The van der Waals surface area contributed by atoms with Crippen molar-refractivity contribution in [2.24, 2.45) is 5.92 Å². The molecule has 0 saturated carbocycles. The zero-order chi connectivity index (χ0) is 21.1. The number of benzene rings is 2. The number of likely N-dealkylation sites (tertiary alicyclic amines) is 1. The number of unbranched alkanes of at least 4 members (excludes halogenated alkanes) is 1. The molecule has 1 aliphatic rings. The molecule has 1 N–H and O–H groups in total. The van der Waals surface area contributed by atoms with Gasteiger partial charge in [0.05, 0.1) is 12.5 Å². The Hall–Kier alpha value is -2.93. The molecule has 7 heteroatoms. The molecule has 0 radical (unpaired) electrons. The lowest BCUT2D eigenvalue weighted by Gasteiger charge is -2.28. The zero-order valence-electron chi connectivity index (χ0n) is 17.2. The second-order valence-corrected chi connectivity index (χ2v) is 7.98. The Balaban J connectivity index is 1.60. The van der Waals surface area contributed by atoms with Gasteiger partial charge in [-0.3, -0.25) is 14.8 Å². The summed E-state index contributed by atoms with van der Waals surface area (Å²) in [6.07, 6.45) is 4.43. The number of fused-ring (bicyclic) bond motifs is 2. The third kappa shape index (κ3) is 4.03. The number of amides is 2. The van der Waals surface area contributed by atoms with Gasteiger partial charge in [-0.2, -0.15) is 0 Å². The topological polar surface area (TPSA) is 86.9 Å². The van der Waals surface area contributed by atoms with Crippen LogP contribution < -0.4 is 0 Å². The monoisotopic (exact) mass is 409 g/mol. The first-order valence-electron chi connectivity index (χ1n) is 10.6. The molecule has 30 heavy (non-hydrogen) atoms. The van der Waals surface area contributed by atoms with Crippen molar-refractivity contribution in [3.05, 3.63) is 42.3 Å². The van der Waals surface area contributed by atoms with Gasteiger partial charge in [0, 0.05) is 6.54 Å². The third-order valence-corrected chi connectivity index (χ3v) is 5.88. The number of hydrogen-bond donors (Lipinski definition) is 1. The van der Waals surface area contributed by atoms with Crippen molar-refractivity contribution in [2.45, 2.75) is 45.1 Å². The van der Waals surface area contributed by atoms with Gasteiger partial charge >= 0.3 is 0 Å². The first-order chi connectivity index (χ1) is 14.6. The molecule has 1 fully saturated rings. The Morgan fingerprint density at radius 3 is 2.87 bits per heavy atom. The van der Waals surface area contributed by atoms with Crippen LogP contribution in [0, 0.1) is 5.92 Å². The van der Waals surface area contributed by atoms with Crippen molar-refractivity contribution in [3.8, 4) is 0 Å². The summed E-state index contributed by atoms with van der Waals surface area (Å²) in [4.78, 5) is 30.7. The largest absolute Gasteiger partial charge is 0.438 e. The molecule has 2 aromatic carbocycles. The van der Waals surface area contributed by atoms with Crippen molar-refractivity contribution >= 4 is 34.2 Å². The number of carbonyl (C=O) groups is 2. The van der Waals surface area contributed by atoms with E-state index < -0.39 is 5.92 Å². The minimum Gasteiger partial charge on any atom is -0.438 e. The molecule has 0 aliphatic carbocycles. The van der Waals surface area contributed by atoms with Crippen molar-refractivity contribution < 1.29 is 19.2 Å². The minimum absolute atomic E-state index is 0.00447. The van der Waals surface area contributed by atoms with Crippen molar-refractivity contribution in [1.82, 2.24) is 14.9 Å². The molecule has 1 saturated heterocycles. The van der Waals surface area contributed by atoms with Gasteiger partial charge in [-0.25, -0.2) is 10.0 Å². The van der Waals surface area contributed by atoms with Gasteiger partial charge in [0.25, 0.3) is 0 Å². The van der Waals surface area contributed by atoms with Crippen LogP contribution in [0.25, 0.3) is 21.9 Å². The summed E-state index contributed by atoms with van der Waals surface area (Å²) in [6, 6.07) is 11.8. The predicted octanol–water partition coefficient (Wildman–Crippen LogP) is 4.30. The Morgan fingerprint density at radius 1 is 1.37 bits per heavy atom. The van der Waals surface area contributed by atoms with Crippen LogP contribution >= 0.6 is 0 Å². The molecular weight excluding hydrogens is 382 g/mol. The van der Waals surface area contributed by atoms with Crippen LogP contribution in [0.3, 0.4) is 0 Å². The van der Waals surface area contributed by atoms with E-state index in [-0.39, 0.29) is 18.5 Å². The standard InChI is InChI=1S/C23H27N3O4/c1-2-3-7-18(14-25(29)15-27)23(28)26-11-6-10-20(26)22-24-19-12-16-8-4-5-9-17(16)13-21(19)30-22/h4-5,8-9,12-13,15,18,20,29H,2-3,6-7,10-11,14H2,1H3/t18-,20-/m0/s1. The number of hydroxylamine groups is 2. The van der Waals surface area contributed by atoms with Gasteiger partial charge in [0.1, 0.15) is 11.6 Å². The van der Waals surface area contributed by atoms with Crippen molar-refractivity contribution in [3.63, 3.8) is 0 Å². The van der Waals surface area contributed by atoms with E-state index in [2.05, 4.69) is 6.92 Å². The highest BCUT2D eigenvalue weighted by Crippen LogP contribution is 2.35. The molecule has 3 aromatic rings. The summed E-state index contributed by atoms with van der Waals surface area (Å²) in [6.45, 7) is 2.68. The molecule has 4 rings (SSSR count). The number of nitrogens with zero attached hydrogens (tertiary/aromatic N) is 3. The summed E-state index contributed by atoms with van der Waals surface area (Å²) in [5.74, 6) is 0.0589. The fourth-order valence-corrected chi connectivity index (χ4v) is 4.31. The van der Waals surface area contributed by atoms with Crippen LogP contribution in [0.15, 0.2) is 40.8 Å². The van der Waals surface area contributed by atoms with Gasteiger partial charge in [-0.1, -0.05) is 44.0 Å². The number of hydrogen-bond acceptors (Lipinski definition) is 5. The smallest absolute Gasteiger partial charge is 0.233 e. The molecule has 2 atom stereocenters. The first kappa shape index (κ1) is 20.3. The normalized spacial score (nSPS) is 17.5. The maximum absolute atomic E-state index is 13.3. The van der Waals surface area contributed by atoms with Gasteiger partial charge in [-0.15, -0.1) is 0 Å². The quantitative estimate of drug-likeness (QED) is 0.341. The minimum atomic E-state index is -0.437. The van der Waals surface area contributed by atoms with Gasteiger partial charge in [0.15, 0.2) is 5.58 Å². The predicted molar refractivity (Wildman–Crippen MR) is 113 cm³/mol. The van der Waals surface area contributed by atoms with Crippen LogP contribution in [0.2, 0.25) is 0 Å². The molecule has 2 amide bonds. The van der Waals surface area contributed by atoms with E-state index in [4.69, 9.17) is 9.40 Å². The molecule has 0 spiro atoms. The summed E-state index contributed by atoms with van der Waals surface area (Å²) >= 11 is 0. The van der Waals surface area contributed by atoms with Crippen LogP contribution in [-0.4, -0.2) is 45.6 Å². The maximum atomic E-state index is 13.3. The van der Waals surface area contributed by atoms with E-state index in [0.717, 1.165) is 42.0 Å². The lowest BCUT2D eigenvalue weighted by molar-refractivity contribution is -0.157. The number of aromatic nitrogens is 1. The summed E-state index contributed by atoms with van der Waals surface area (Å²) in [5, 5.41) is 12.4. The second-order valence-electron chi connectivity index (χ2n) is 7.98. The van der Waals surface area contributed by atoms with Gasteiger partial charge in [-0.05, 0) is 42.2 Å². The summed E-state index contributed by atoms with van der Waals surface area (Å²) in [5.41, 5.74) is 1.50. The lowest BCUT2D eigenvalue weighted by atomic mass is 9.99. The first-order valence-corrected chi connectivity index (χ1v) is 10.6. The highest BCUT2D eigenvalue weighted by Gasteiger charge is 2.37. The molecule has 0 unspecified atom stereocenters. The fraction of sp³-hybridized carbons (Fsp3) is 0.435. The average Bonchev–Trinajstić information content (AvgIpc) is 3.40. The van der Waals surface area contributed by atoms with Crippen LogP contribution in [0.4, 0.5) is 0 Å². The van der Waals surface area contributed by atoms with Crippen LogP contribution in [0.1, 0.15) is 51.0 Å². The average molecular weight is 409 g/mol. The number of rotatable bonds is 8. The Bertz CT molecular complexity index is 995. The van der Waals surface area contributed by atoms with E-state index in [9.17, 15) is 14.8 Å². The van der Waals surface area contributed by atoms with E-state index in [0.29, 0.717) is 35.9 Å². The molecule has 7 nitrogen and oxygen atoms in total. The second kappa shape index (κ2) is 8.83. The highest BCUT2D eigenvalue weighted by atomic mass is 16.5. The van der Waals surface area contributed by atoms with E-state index in [1.165, 1.54) is 0 Å². The molecule has 1 aromatic heterocycles. The van der Waals surface area contributed by atoms with Crippen LogP contribution in [-0.2, 0) is 9.59 Å². The van der Waals surface area contributed by atoms with Gasteiger partial charge < -0.3 is 9.32 Å². The van der Waals surface area contributed by atoms with Crippen molar-refractivity contribution in [1.29, 1.82) is 0 Å². The zero-order valence-corrected chi connectivity index (χ0v) is 17.2. The number of oxazole rings is 1. The molecule has 0 bridgehead atoms. The van der Waals surface area contributed by atoms with Crippen LogP contribution in [0.5, 0.6) is 0 Å². The molecule has 1 aliphatic heterocycles. The summed E-state index contributed by atoms with van der Waals surface area (Å²) < 4.78 is 6.08. The highest BCUT2D eigenvalue weighted by molar-refractivity contribution is 5.94. The van der Waals surface area contributed by atoms with Crippen molar-refractivity contribution in [2.75, 3.05) is 13.1 Å². The molecule has 2 heterocycles. The molecule has 158 valence electrons. The Labute approximate surface area is 175 Å². The van der Waals surface area contributed by atoms with E-state index in [1.807, 2.05) is 41.3 Å². The maximum Gasteiger partial charge on any atom is 0.233 e. The summed E-state index contributed by atoms with van der Waals surface area (Å²) in [7, 11) is 0.